The van der Waals surface area contributed by atoms with E-state index in [1.807, 2.05) is 42.5 Å². The fourth-order valence-electron chi connectivity index (χ4n) is 2.09. The van der Waals surface area contributed by atoms with Crippen molar-refractivity contribution in [3.63, 3.8) is 0 Å². The van der Waals surface area contributed by atoms with Crippen molar-refractivity contribution < 1.29 is 4.52 Å². The number of hydrogen-bond donors (Lipinski definition) is 1. The molecule has 0 spiro atoms. The van der Waals surface area contributed by atoms with Gasteiger partial charge in [0.15, 0.2) is 0 Å². The highest BCUT2D eigenvalue weighted by atomic mass is 35.5. The van der Waals surface area contributed by atoms with Crippen LogP contribution in [-0.2, 0) is 6.42 Å². The third kappa shape index (κ3) is 3.29. The highest BCUT2D eigenvalue weighted by Crippen LogP contribution is 2.22. The summed E-state index contributed by atoms with van der Waals surface area (Å²) in [5, 5.41) is 4.60. The molecule has 0 amide bonds. The number of nitrogens with zero attached hydrogens (tertiary/aromatic N) is 2. The predicted molar refractivity (Wildman–Crippen MR) is 81.8 cm³/mol. The monoisotopic (exact) mass is 299 g/mol. The standard InChI is InChI=1S/C16H14ClN3O/c17-13-8-4-7-12(10-13)15-19-16(21-20-15)14(18)9-11-5-2-1-3-6-11/h1-8,10,14H,9,18H2. The fourth-order valence-corrected chi connectivity index (χ4v) is 2.28. The zero-order valence-corrected chi connectivity index (χ0v) is 12.0. The molecular weight excluding hydrogens is 286 g/mol. The quantitative estimate of drug-likeness (QED) is 0.799. The molecule has 2 N–H and O–H groups in total. The van der Waals surface area contributed by atoms with Crippen LogP contribution >= 0.6 is 11.6 Å². The molecule has 1 heterocycles. The first-order valence-corrected chi connectivity index (χ1v) is 6.99. The van der Waals surface area contributed by atoms with Gasteiger partial charge in [-0.3, -0.25) is 0 Å². The minimum absolute atomic E-state index is 0.326. The number of halogens is 1. The lowest BCUT2D eigenvalue weighted by Gasteiger charge is -2.05. The maximum absolute atomic E-state index is 6.13. The smallest absolute Gasteiger partial charge is 0.244 e. The molecular formula is C16H14ClN3O. The van der Waals surface area contributed by atoms with E-state index in [1.54, 1.807) is 12.1 Å². The average molecular weight is 300 g/mol. The summed E-state index contributed by atoms with van der Waals surface area (Å²) in [4.78, 5) is 4.36. The van der Waals surface area contributed by atoms with E-state index in [9.17, 15) is 0 Å². The second kappa shape index (κ2) is 6.08. The Hall–Kier alpha value is -2.17. The van der Waals surface area contributed by atoms with E-state index in [2.05, 4.69) is 10.1 Å². The van der Waals surface area contributed by atoms with Gasteiger partial charge in [-0.2, -0.15) is 4.98 Å². The molecule has 106 valence electrons. The highest BCUT2D eigenvalue weighted by Gasteiger charge is 2.16. The summed E-state index contributed by atoms with van der Waals surface area (Å²) in [7, 11) is 0. The van der Waals surface area contributed by atoms with Gasteiger partial charge >= 0.3 is 0 Å². The normalized spacial score (nSPS) is 12.3. The van der Waals surface area contributed by atoms with Gasteiger partial charge in [0.25, 0.3) is 0 Å². The number of hydrogen-bond acceptors (Lipinski definition) is 4. The van der Waals surface area contributed by atoms with Crippen molar-refractivity contribution in [2.45, 2.75) is 12.5 Å². The van der Waals surface area contributed by atoms with Gasteiger partial charge in [-0.15, -0.1) is 0 Å². The molecule has 0 aliphatic heterocycles. The lowest BCUT2D eigenvalue weighted by Crippen LogP contribution is -2.13. The van der Waals surface area contributed by atoms with Crippen LogP contribution in [0.1, 0.15) is 17.5 Å². The Morgan fingerprint density at radius 3 is 2.67 bits per heavy atom. The number of rotatable bonds is 4. The molecule has 4 nitrogen and oxygen atoms in total. The van der Waals surface area contributed by atoms with Crippen molar-refractivity contribution in [1.82, 2.24) is 10.1 Å². The summed E-state index contributed by atoms with van der Waals surface area (Å²) in [5.74, 6) is 0.921. The Balaban J connectivity index is 1.78. The Bertz CT molecular complexity index is 727. The van der Waals surface area contributed by atoms with Crippen molar-refractivity contribution in [3.05, 3.63) is 71.1 Å². The van der Waals surface area contributed by atoms with E-state index in [0.717, 1.165) is 11.1 Å². The van der Waals surface area contributed by atoms with E-state index in [0.29, 0.717) is 23.2 Å². The summed E-state index contributed by atoms with van der Waals surface area (Å²) in [6, 6.07) is 17.0. The second-order valence-corrected chi connectivity index (χ2v) is 5.20. The molecule has 2 aromatic carbocycles. The molecule has 5 heteroatoms. The molecule has 0 saturated heterocycles. The maximum atomic E-state index is 6.13. The van der Waals surface area contributed by atoms with Gasteiger partial charge in [-0.25, -0.2) is 0 Å². The van der Waals surface area contributed by atoms with E-state index in [4.69, 9.17) is 21.9 Å². The first-order valence-electron chi connectivity index (χ1n) is 6.61. The van der Waals surface area contributed by atoms with Crippen LogP contribution in [0.2, 0.25) is 5.02 Å². The molecule has 0 aliphatic rings. The molecule has 21 heavy (non-hydrogen) atoms. The molecule has 1 atom stereocenters. The van der Waals surface area contributed by atoms with Crippen LogP contribution in [0.5, 0.6) is 0 Å². The van der Waals surface area contributed by atoms with Crippen molar-refractivity contribution in [1.29, 1.82) is 0 Å². The summed E-state index contributed by atoms with van der Waals surface area (Å²) in [5.41, 5.74) is 8.07. The van der Waals surface area contributed by atoms with Crippen molar-refractivity contribution >= 4 is 11.6 Å². The predicted octanol–water partition coefficient (Wildman–Crippen LogP) is 3.63. The number of aromatic nitrogens is 2. The van der Waals surface area contributed by atoms with Crippen molar-refractivity contribution in [2.75, 3.05) is 0 Å². The largest absolute Gasteiger partial charge is 0.337 e. The molecule has 0 radical (unpaired) electrons. The topological polar surface area (TPSA) is 64.9 Å². The zero-order chi connectivity index (χ0) is 14.7. The number of benzene rings is 2. The summed E-state index contributed by atoms with van der Waals surface area (Å²) in [6.07, 6.45) is 0.651. The van der Waals surface area contributed by atoms with E-state index in [-0.39, 0.29) is 6.04 Å². The summed E-state index contributed by atoms with van der Waals surface area (Å²) < 4.78 is 5.26. The van der Waals surface area contributed by atoms with E-state index >= 15 is 0 Å². The Kier molecular flexibility index (Phi) is 3.99. The molecule has 0 aliphatic carbocycles. The summed E-state index contributed by atoms with van der Waals surface area (Å²) in [6.45, 7) is 0. The van der Waals surface area contributed by atoms with Gasteiger partial charge in [0, 0.05) is 10.6 Å². The van der Waals surface area contributed by atoms with Crippen LogP contribution in [0.25, 0.3) is 11.4 Å². The van der Waals surface area contributed by atoms with Gasteiger partial charge < -0.3 is 10.3 Å². The van der Waals surface area contributed by atoms with Crippen LogP contribution in [0.15, 0.2) is 59.1 Å². The van der Waals surface area contributed by atoms with Crippen LogP contribution in [0.3, 0.4) is 0 Å². The second-order valence-electron chi connectivity index (χ2n) is 4.76. The molecule has 1 aromatic heterocycles. The SMILES string of the molecule is NC(Cc1ccccc1)c1nc(-c2cccc(Cl)c2)no1. The molecule has 3 rings (SSSR count). The van der Waals surface area contributed by atoms with Gasteiger partial charge in [-0.05, 0) is 24.1 Å². The molecule has 0 fully saturated rings. The molecule has 0 saturated carbocycles. The first kappa shape index (κ1) is 13.8. The van der Waals surface area contributed by atoms with Crippen molar-refractivity contribution in [3.8, 4) is 11.4 Å². The van der Waals surface area contributed by atoms with Crippen LogP contribution in [0, 0.1) is 0 Å². The Morgan fingerprint density at radius 1 is 1.10 bits per heavy atom. The van der Waals surface area contributed by atoms with Gasteiger partial charge in [0.1, 0.15) is 0 Å². The summed E-state index contributed by atoms with van der Waals surface area (Å²) >= 11 is 5.96. The third-order valence-corrected chi connectivity index (χ3v) is 3.38. The fraction of sp³-hybridized carbons (Fsp3) is 0.125. The Morgan fingerprint density at radius 2 is 1.90 bits per heavy atom. The zero-order valence-electron chi connectivity index (χ0n) is 11.2. The van der Waals surface area contributed by atoms with Crippen LogP contribution in [0.4, 0.5) is 0 Å². The van der Waals surface area contributed by atoms with E-state index in [1.165, 1.54) is 0 Å². The average Bonchev–Trinajstić information content (AvgIpc) is 2.98. The van der Waals surface area contributed by atoms with Gasteiger partial charge in [0.2, 0.25) is 11.7 Å². The molecule has 0 bridgehead atoms. The van der Waals surface area contributed by atoms with Gasteiger partial charge in [-0.1, -0.05) is 59.2 Å². The molecule has 3 aromatic rings. The highest BCUT2D eigenvalue weighted by molar-refractivity contribution is 6.30. The lowest BCUT2D eigenvalue weighted by molar-refractivity contribution is 0.354. The van der Waals surface area contributed by atoms with Crippen LogP contribution < -0.4 is 5.73 Å². The third-order valence-electron chi connectivity index (χ3n) is 3.14. The van der Waals surface area contributed by atoms with Gasteiger partial charge in [0.05, 0.1) is 6.04 Å². The maximum Gasteiger partial charge on any atom is 0.244 e. The van der Waals surface area contributed by atoms with Crippen LogP contribution in [-0.4, -0.2) is 10.1 Å². The van der Waals surface area contributed by atoms with Crippen molar-refractivity contribution in [2.24, 2.45) is 5.73 Å². The van der Waals surface area contributed by atoms with E-state index < -0.39 is 0 Å². The minimum atomic E-state index is -0.326. The lowest BCUT2D eigenvalue weighted by atomic mass is 10.1. The number of nitrogens with two attached hydrogens (primary N) is 1. The Labute approximate surface area is 127 Å². The first-order chi connectivity index (χ1) is 10.2. The minimum Gasteiger partial charge on any atom is -0.337 e. The molecule has 1 unspecified atom stereocenters.